The van der Waals surface area contributed by atoms with Gasteiger partial charge in [-0.25, -0.2) is 0 Å². The minimum Gasteiger partial charge on any atom is -0.398 e. The molecule has 1 aliphatic heterocycles. The van der Waals surface area contributed by atoms with E-state index in [0.717, 1.165) is 24.9 Å². The van der Waals surface area contributed by atoms with Crippen molar-refractivity contribution in [3.05, 3.63) is 29.8 Å². The molecule has 1 heterocycles. The fraction of sp³-hybridized carbons (Fsp3) is 0.571. The molecule has 1 fully saturated rings. The Bertz CT molecular complexity index is 346. The summed E-state index contributed by atoms with van der Waals surface area (Å²) in [4.78, 5) is 0. The monoisotopic (exact) mass is 234 g/mol. The molecule has 1 aliphatic rings. The maximum Gasteiger partial charge on any atom is 0.0824 e. The predicted molar refractivity (Wildman–Crippen MR) is 70.7 cm³/mol. The number of nitrogens with one attached hydrogen (secondary N) is 1. The van der Waals surface area contributed by atoms with Gasteiger partial charge in [-0.3, -0.25) is 0 Å². The van der Waals surface area contributed by atoms with Crippen LogP contribution in [-0.2, 0) is 0 Å². The molecule has 0 bridgehead atoms. The molecule has 2 atom stereocenters. The van der Waals surface area contributed by atoms with Gasteiger partial charge in [0.25, 0.3) is 0 Å². The Morgan fingerprint density at radius 2 is 2.12 bits per heavy atom. The fourth-order valence-electron chi connectivity index (χ4n) is 2.51. The van der Waals surface area contributed by atoms with Crippen molar-refractivity contribution in [3.63, 3.8) is 0 Å². The second-order valence-electron chi connectivity index (χ2n) is 4.88. The van der Waals surface area contributed by atoms with E-state index in [4.69, 9.17) is 5.73 Å². The first-order valence-electron chi connectivity index (χ1n) is 6.53. The van der Waals surface area contributed by atoms with Crippen LogP contribution >= 0.6 is 0 Å². The van der Waals surface area contributed by atoms with Gasteiger partial charge in [-0.1, -0.05) is 31.0 Å². The number of hydrogen-bond donors (Lipinski definition) is 3. The van der Waals surface area contributed by atoms with Crippen LogP contribution in [0.4, 0.5) is 5.69 Å². The quantitative estimate of drug-likeness (QED) is 0.703. The number of aliphatic hydroxyl groups is 1. The molecule has 0 aromatic heterocycles. The third kappa shape index (κ3) is 3.45. The van der Waals surface area contributed by atoms with Crippen LogP contribution in [0.2, 0.25) is 0 Å². The summed E-state index contributed by atoms with van der Waals surface area (Å²) < 4.78 is 0. The lowest BCUT2D eigenvalue weighted by atomic mass is 9.98. The molecule has 2 rings (SSSR count). The van der Waals surface area contributed by atoms with Gasteiger partial charge in [0.2, 0.25) is 0 Å². The van der Waals surface area contributed by atoms with Gasteiger partial charge in [-0.15, -0.1) is 0 Å². The zero-order valence-electron chi connectivity index (χ0n) is 10.2. The summed E-state index contributed by atoms with van der Waals surface area (Å²) in [7, 11) is 0. The van der Waals surface area contributed by atoms with E-state index in [1.54, 1.807) is 0 Å². The lowest BCUT2D eigenvalue weighted by molar-refractivity contribution is 0.151. The van der Waals surface area contributed by atoms with Gasteiger partial charge >= 0.3 is 0 Å². The van der Waals surface area contributed by atoms with Crippen LogP contribution in [0.25, 0.3) is 0 Å². The molecule has 3 heteroatoms. The van der Waals surface area contributed by atoms with Crippen molar-refractivity contribution in [2.45, 2.75) is 44.2 Å². The second kappa shape index (κ2) is 6.03. The van der Waals surface area contributed by atoms with E-state index < -0.39 is 6.10 Å². The number of rotatable bonds is 3. The molecule has 1 aromatic rings. The van der Waals surface area contributed by atoms with Crippen LogP contribution in [0.3, 0.4) is 0 Å². The number of anilines is 1. The van der Waals surface area contributed by atoms with Crippen molar-refractivity contribution < 1.29 is 5.11 Å². The molecule has 0 radical (unpaired) electrons. The van der Waals surface area contributed by atoms with Crippen molar-refractivity contribution in [1.82, 2.24) is 5.32 Å². The van der Waals surface area contributed by atoms with E-state index in [0.29, 0.717) is 11.7 Å². The number of benzene rings is 1. The molecule has 0 spiro atoms. The van der Waals surface area contributed by atoms with Crippen LogP contribution in [0, 0.1) is 0 Å². The molecule has 17 heavy (non-hydrogen) atoms. The van der Waals surface area contributed by atoms with Crippen molar-refractivity contribution >= 4 is 5.69 Å². The number of nitrogens with two attached hydrogens (primary N) is 1. The highest BCUT2D eigenvalue weighted by Crippen LogP contribution is 2.25. The Kier molecular flexibility index (Phi) is 4.40. The molecule has 1 saturated heterocycles. The average Bonchev–Trinajstić information content (AvgIpc) is 2.58. The van der Waals surface area contributed by atoms with Crippen LogP contribution in [-0.4, -0.2) is 17.7 Å². The Morgan fingerprint density at radius 1 is 1.29 bits per heavy atom. The molecule has 4 N–H and O–H groups in total. The number of hydrogen-bond acceptors (Lipinski definition) is 3. The van der Waals surface area contributed by atoms with Gasteiger partial charge in [0.05, 0.1) is 6.10 Å². The maximum atomic E-state index is 10.2. The predicted octanol–water partition coefficient (Wildman–Crippen LogP) is 2.22. The summed E-state index contributed by atoms with van der Waals surface area (Å²) in [6.07, 6.45) is 5.27. The molecule has 0 amide bonds. The molecule has 2 unspecified atom stereocenters. The summed E-state index contributed by atoms with van der Waals surface area (Å²) in [5.41, 5.74) is 7.43. The molecular formula is C14H22N2O. The highest BCUT2D eigenvalue weighted by atomic mass is 16.3. The van der Waals surface area contributed by atoms with Gasteiger partial charge < -0.3 is 16.2 Å². The minimum atomic E-state index is -0.452. The zero-order valence-corrected chi connectivity index (χ0v) is 10.2. The van der Waals surface area contributed by atoms with Gasteiger partial charge in [0.15, 0.2) is 0 Å². The van der Waals surface area contributed by atoms with E-state index in [2.05, 4.69) is 5.32 Å². The lowest BCUT2D eigenvalue weighted by Gasteiger charge is -2.20. The molecule has 0 saturated carbocycles. The minimum absolute atomic E-state index is 0.423. The molecule has 3 nitrogen and oxygen atoms in total. The Hall–Kier alpha value is -1.06. The van der Waals surface area contributed by atoms with E-state index in [1.807, 2.05) is 24.3 Å². The van der Waals surface area contributed by atoms with Crippen molar-refractivity contribution in [2.75, 3.05) is 12.3 Å². The third-order valence-electron chi connectivity index (χ3n) is 3.53. The van der Waals surface area contributed by atoms with Crippen molar-refractivity contribution in [1.29, 1.82) is 0 Å². The van der Waals surface area contributed by atoms with Gasteiger partial charge in [-0.05, 0) is 31.9 Å². The highest BCUT2D eigenvalue weighted by molar-refractivity contribution is 5.47. The highest BCUT2D eigenvalue weighted by Gasteiger charge is 2.18. The first kappa shape index (κ1) is 12.4. The number of aliphatic hydroxyl groups excluding tert-OH is 1. The topological polar surface area (TPSA) is 58.3 Å². The standard InChI is InChI=1S/C14H22N2O/c15-13-8-4-3-7-12(13)14(17)10-11-6-2-1-5-9-16-11/h3-4,7-8,11,14,16-17H,1-2,5-6,9-10,15H2. The molecule has 94 valence electrons. The van der Waals surface area contributed by atoms with E-state index >= 15 is 0 Å². The molecule has 1 aromatic carbocycles. The van der Waals surface area contributed by atoms with Crippen molar-refractivity contribution in [2.24, 2.45) is 0 Å². The SMILES string of the molecule is Nc1ccccc1C(O)CC1CCCCCN1. The average molecular weight is 234 g/mol. The fourth-order valence-corrected chi connectivity index (χ4v) is 2.51. The van der Waals surface area contributed by atoms with E-state index in [1.165, 1.54) is 19.3 Å². The zero-order chi connectivity index (χ0) is 12.1. The third-order valence-corrected chi connectivity index (χ3v) is 3.53. The van der Waals surface area contributed by atoms with Crippen molar-refractivity contribution in [3.8, 4) is 0 Å². The van der Waals surface area contributed by atoms with Crippen LogP contribution in [0.15, 0.2) is 24.3 Å². The van der Waals surface area contributed by atoms with Gasteiger partial charge in [-0.2, -0.15) is 0 Å². The Balaban J connectivity index is 1.96. The van der Waals surface area contributed by atoms with E-state index in [9.17, 15) is 5.11 Å². The first-order valence-corrected chi connectivity index (χ1v) is 6.53. The second-order valence-corrected chi connectivity index (χ2v) is 4.88. The first-order chi connectivity index (χ1) is 8.27. The van der Waals surface area contributed by atoms with Gasteiger partial charge in [0, 0.05) is 17.3 Å². The summed E-state index contributed by atoms with van der Waals surface area (Å²) in [5, 5.41) is 13.7. The van der Waals surface area contributed by atoms with Crippen LogP contribution in [0.5, 0.6) is 0 Å². The largest absolute Gasteiger partial charge is 0.398 e. The Morgan fingerprint density at radius 3 is 2.94 bits per heavy atom. The van der Waals surface area contributed by atoms with Crippen LogP contribution < -0.4 is 11.1 Å². The molecule has 0 aliphatic carbocycles. The van der Waals surface area contributed by atoms with Gasteiger partial charge in [0.1, 0.15) is 0 Å². The summed E-state index contributed by atoms with van der Waals surface area (Å²) in [6, 6.07) is 8.01. The lowest BCUT2D eigenvalue weighted by Crippen LogP contribution is -2.30. The Labute approximate surface area is 103 Å². The maximum absolute atomic E-state index is 10.2. The summed E-state index contributed by atoms with van der Waals surface area (Å²) in [6.45, 7) is 1.07. The number of para-hydroxylation sites is 1. The smallest absolute Gasteiger partial charge is 0.0824 e. The van der Waals surface area contributed by atoms with E-state index in [-0.39, 0.29) is 0 Å². The summed E-state index contributed by atoms with van der Waals surface area (Å²) >= 11 is 0. The molecular weight excluding hydrogens is 212 g/mol. The normalized spacial score (nSPS) is 23.0. The van der Waals surface area contributed by atoms with Crippen LogP contribution in [0.1, 0.15) is 43.8 Å². The number of nitrogen functional groups attached to an aromatic ring is 1. The summed E-state index contributed by atoms with van der Waals surface area (Å²) in [5.74, 6) is 0.